The number of fused-ring (bicyclic) bond motifs is 5. The zero-order valence-corrected chi connectivity index (χ0v) is 22.6. The molecule has 1 heterocycles. The van der Waals surface area contributed by atoms with Crippen LogP contribution in [-0.2, 0) is 27.2 Å². The fourth-order valence-electron chi connectivity index (χ4n) is 4.59. The van der Waals surface area contributed by atoms with Gasteiger partial charge in [0.25, 0.3) is 0 Å². The van der Waals surface area contributed by atoms with Crippen molar-refractivity contribution in [3.8, 4) is 22.6 Å². The molecule has 1 aliphatic rings. The predicted molar refractivity (Wildman–Crippen MR) is 152 cm³/mol. The van der Waals surface area contributed by atoms with E-state index in [0.717, 1.165) is 0 Å². The molecule has 218 valence electrons. The summed E-state index contributed by atoms with van der Waals surface area (Å²) in [6.45, 7) is 0.950. The second-order valence-electron chi connectivity index (χ2n) is 10.2. The van der Waals surface area contributed by atoms with Gasteiger partial charge in [0.1, 0.15) is 23.6 Å². The van der Waals surface area contributed by atoms with Gasteiger partial charge in [0.15, 0.2) is 0 Å². The van der Waals surface area contributed by atoms with Crippen molar-refractivity contribution in [3.63, 3.8) is 0 Å². The Kier molecular flexibility index (Phi) is 11.3. The Balaban J connectivity index is 2.01. The van der Waals surface area contributed by atoms with Crippen LogP contribution in [0, 0.1) is 0 Å². The highest BCUT2D eigenvalue weighted by Gasteiger charge is 2.29. The zero-order chi connectivity index (χ0) is 29.2. The van der Waals surface area contributed by atoms with E-state index in [1.54, 1.807) is 24.3 Å². The maximum atomic E-state index is 13.4. The highest BCUT2D eigenvalue weighted by Crippen LogP contribution is 2.30. The number of hydrogen-bond acceptors (Lipinski definition) is 9. The second-order valence-corrected chi connectivity index (χ2v) is 10.2. The Labute approximate surface area is 233 Å². The highest BCUT2D eigenvalue weighted by molar-refractivity contribution is 5.93. The van der Waals surface area contributed by atoms with E-state index >= 15 is 0 Å². The normalized spacial score (nSPS) is 20.4. The molecule has 0 fully saturated rings. The summed E-state index contributed by atoms with van der Waals surface area (Å²) in [5.74, 6) is -1.72. The summed E-state index contributed by atoms with van der Waals surface area (Å²) >= 11 is 0. The van der Waals surface area contributed by atoms with E-state index in [-0.39, 0.29) is 49.9 Å². The van der Waals surface area contributed by atoms with E-state index in [2.05, 4.69) is 16.0 Å². The van der Waals surface area contributed by atoms with E-state index in [9.17, 15) is 24.6 Å². The van der Waals surface area contributed by atoms with E-state index in [1.165, 1.54) is 12.1 Å². The van der Waals surface area contributed by atoms with Gasteiger partial charge in [-0.3, -0.25) is 14.4 Å². The topological polar surface area (TPSA) is 232 Å². The van der Waals surface area contributed by atoms with E-state index in [4.69, 9.17) is 22.9 Å². The van der Waals surface area contributed by atoms with Crippen LogP contribution in [0.4, 0.5) is 0 Å². The molecule has 0 aliphatic carbocycles. The molecule has 0 radical (unpaired) electrons. The molecular formula is C28H41N7O5. The average molecular weight is 556 g/mol. The van der Waals surface area contributed by atoms with Gasteiger partial charge >= 0.3 is 0 Å². The third-order valence-corrected chi connectivity index (χ3v) is 6.97. The number of hydrogen-bond donors (Lipinski definition) is 9. The van der Waals surface area contributed by atoms with E-state index in [0.29, 0.717) is 48.1 Å². The number of carbonyl (C=O) groups is 3. The van der Waals surface area contributed by atoms with Crippen molar-refractivity contribution in [3.05, 3.63) is 47.5 Å². The molecular weight excluding hydrogens is 514 g/mol. The minimum absolute atomic E-state index is 0.0193. The molecule has 2 aromatic carbocycles. The van der Waals surface area contributed by atoms with Crippen LogP contribution in [-0.4, -0.2) is 71.7 Å². The number of nitrogens with one attached hydrogen (secondary N) is 3. The molecule has 2 aromatic rings. The van der Waals surface area contributed by atoms with Gasteiger partial charge in [-0.25, -0.2) is 0 Å². The Hall–Kier alpha value is -3.71. The fourth-order valence-corrected chi connectivity index (χ4v) is 4.59. The lowest BCUT2D eigenvalue weighted by atomic mass is 9.95. The lowest BCUT2D eigenvalue weighted by Crippen LogP contribution is -2.57. The SMILES string of the molecule is NCCC[C@H](N)CNC(=O)[C@@H]1Cc2cc(ccc2O)-c2ccc(O)c(c2)CC(N)C(=O)N[C@@H](CCCN)C(=O)N1. The van der Waals surface area contributed by atoms with E-state index < -0.39 is 35.8 Å². The largest absolute Gasteiger partial charge is 0.508 e. The first-order valence-corrected chi connectivity index (χ1v) is 13.6. The third kappa shape index (κ3) is 8.39. The number of phenols is 2. The summed E-state index contributed by atoms with van der Waals surface area (Å²) < 4.78 is 0. The summed E-state index contributed by atoms with van der Waals surface area (Å²) in [4.78, 5) is 39.7. The second kappa shape index (κ2) is 14.6. The monoisotopic (exact) mass is 555 g/mol. The van der Waals surface area contributed by atoms with Crippen molar-refractivity contribution in [2.24, 2.45) is 22.9 Å². The Morgan fingerprint density at radius 1 is 0.925 bits per heavy atom. The van der Waals surface area contributed by atoms with Crippen molar-refractivity contribution in [1.82, 2.24) is 16.0 Å². The average Bonchev–Trinajstić information content (AvgIpc) is 2.94. The van der Waals surface area contributed by atoms with Gasteiger partial charge < -0.3 is 49.1 Å². The predicted octanol–water partition coefficient (Wildman–Crippen LogP) is -0.918. The number of carbonyl (C=O) groups excluding carboxylic acids is 3. The molecule has 1 aliphatic heterocycles. The van der Waals surface area contributed by atoms with Crippen molar-refractivity contribution < 1.29 is 24.6 Å². The number of phenolic OH excluding ortho intramolecular Hbond substituents is 2. The molecule has 13 N–H and O–H groups in total. The van der Waals surface area contributed by atoms with Gasteiger partial charge in [-0.1, -0.05) is 12.1 Å². The highest BCUT2D eigenvalue weighted by atomic mass is 16.3. The molecule has 3 rings (SSSR count). The standard InChI is InChI=1S/C28H41N7O5/c29-9-1-3-20(31)15-33-27(39)23-14-19-12-17(6-8-25(19)37)16-5-7-24(36)18(11-16)13-21(32)26(38)34-22(4-2-10-30)28(40)35-23/h5-8,11-12,20-23,36-37H,1-4,9-10,13-15,29-32H2,(H,33,39)(H,34,38)(H,35,40)/t20-,21?,22-,23-/m0/s1. The number of amides is 3. The van der Waals surface area contributed by atoms with Crippen LogP contribution in [0.1, 0.15) is 36.8 Å². The molecule has 0 saturated heterocycles. The minimum Gasteiger partial charge on any atom is -0.508 e. The number of benzene rings is 2. The molecule has 4 atom stereocenters. The summed E-state index contributed by atoms with van der Waals surface area (Å²) in [5, 5.41) is 29.3. The summed E-state index contributed by atoms with van der Waals surface area (Å²) in [5.41, 5.74) is 25.8. The first-order valence-electron chi connectivity index (χ1n) is 13.6. The van der Waals surface area contributed by atoms with Crippen LogP contribution < -0.4 is 38.9 Å². The third-order valence-electron chi connectivity index (χ3n) is 6.97. The molecule has 3 amide bonds. The summed E-state index contributed by atoms with van der Waals surface area (Å²) in [6, 6.07) is 6.42. The fraction of sp³-hybridized carbons (Fsp3) is 0.464. The zero-order valence-electron chi connectivity index (χ0n) is 22.6. The van der Waals surface area contributed by atoms with Crippen molar-refractivity contribution in [2.45, 2.75) is 62.7 Å². The van der Waals surface area contributed by atoms with Gasteiger partial charge in [0.05, 0.1) is 6.04 Å². The molecule has 0 saturated carbocycles. The number of aromatic hydroxyl groups is 2. The molecule has 0 aromatic heterocycles. The molecule has 1 unspecified atom stereocenters. The first-order chi connectivity index (χ1) is 19.1. The minimum atomic E-state index is -1.08. The summed E-state index contributed by atoms with van der Waals surface area (Å²) in [6.07, 6.45) is 1.99. The molecule has 4 bridgehead atoms. The van der Waals surface area contributed by atoms with Crippen LogP contribution >= 0.6 is 0 Å². The first kappa shape index (κ1) is 30.8. The van der Waals surface area contributed by atoms with Crippen LogP contribution in [0.5, 0.6) is 11.5 Å². The number of rotatable bonds is 9. The Morgan fingerprint density at radius 3 is 2.12 bits per heavy atom. The lowest BCUT2D eigenvalue weighted by molar-refractivity contribution is -0.132. The van der Waals surface area contributed by atoms with Crippen LogP contribution in [0.15, 0.2) is 36.4 Å². The summed E-state index contributed by atoms with van der Waals surface area (Å²) in [7, 11) is 0. The van der Waals surface area contributed by atoms with Gasteiger partial charge in [0.2, 0.25) is 17.7 Å². The smallest absolute Gasteiger partial charge is 0.243 e. The van der Waals surface area contributed by atoms with Gasteiger partial charge in [-0.05, 0) is 85.3 Å². The molecule has 0 spiro atoms. The van der Waals surface area contributed by atoms with Crippen LogP contribution in [0.25, 0.3) is 11.1 Å². The van der Waals surface area contributed by atoms with Crippen molar-refractivity contribution >= 4 is 17.7 Å². The number of nitrogens with two attached hydrogens (primary N) is 4. The maximum Gasteiger partial charge on any atom is 0.243 e. The molecule has 12 heteroatoms. The van der Waals surface area contributed by atoms with Crippen molar-refractivity contribution in [1.29, 1.82) is 0 Å². The van der Waals surface area contributed by atoms with Gasteiger partial charge in [-0.2, -0.15) is 0 Å². The quantitative estimate of drug-likeness (QED) is 0.186. The van der Waals surface area contributed by atoms with Crippen LogP contribution in [0.2, 0.25) is 0 Å². The molecule has 12 nitrogen and oxygen atoms in total. The maximum absolute atomic E-state index is 13.4. The van der Waals surface area contributed by atoms with Crippen LogP contribution in [0.3, 0.4) is 0 Å². The lowest BCUT2D eigenvalue weighted by Gasteiger charge is -2.25. The molecule has 40 heavy (non-hydrogen) atoms. The van der Waals surface area contributed by atoms with E-state index in [1.807, 2.05) is 0 Å². The Morgan fingerprint density at radius 2 is 1.52 bits per heavy atom. The van der Waals surface area contributed by atoms with Crippen molar-refractivity contribution in [2.75, 3.05) is 19.6 Å². The van der Waals surface area contributed by atoms with Gasteiger partial charge in [-0.15, -0.1) is 0 Å². The van der Waals surface area contributed by atoms with Gasteiger partial charge in [0, 0.05) is 25.4 Å². The Bertz CT molecular complexity index is 1190.